The molecule has 0 aromatic carbocycles. The molecule has 2 nitrogen and oxygen atoms in total. The quantitative estimate of drug-likeness (QED) is 0.665. The zero-order chi connectivity index (χ0) is 8.27. The van der Waals surface area contributed by atoms with Gasteiger partial charge in [0.15, 0.2) is 0 Å². The summed E-state index contributed by atoms with van der Waals surface area (Å²) in [5.41, 5.74) is 5.54. The Balaban J connectivity index is 2.37. The fourth-order valence-corrected chi connectivity index (χ4v) is 2.04. The van der Waals surface area contributed by atoms with Crippen molar-refractivity contribution in [3.8, 4) is 0 Å². The van der Waals surface area contributed by atoms with Gasteiger partial charge in [-0.15, -0.1) is 0 Å². The number of hydrogen-bond donors (Lipinski definition) is 1. The van der Waals surface area contributed by atoms with Crippen molar-refractivity contribution in [1.29, 1.82) is 0 Å². The van der Waals surface area contributed by atoms with Crippen LogP contribution in [0.2, 0.25) is 0 Å². The molecule has 0 aromatic heterocycles. The van der Waals surface area contributed by atoms with E-state index < -0.39 is 0 Å². The van der Waals surface area contributed by atoms with E-state index in [1.165, 1.54) is 25.8 Å². The highest BCUT2D eigenvalue weighted by molar-refractivity contribution is 4.81. The molecule has 1 fully saturated rings. The van der Waals surface area contributed by atoms with E-state index in [4.69, 9.17) is 5.73 Å². The monoisotopic (exact) mass is 156 g/mol. The topological polar surface area (TPSA) is 29.3 Å². The normalized spacial score (nSPS) is 26.7. The summed E-state index contributed by atoms with van der Waals surface area (Å²) in [5.74, 6) is 0. The number of likely N-dealkylation sites (tertiary alicyclic amines) is 1. The van der Waals surface area contributed by atoms with Crippen LogP contribution in [0.4, 0.5) is 0 Å². The third-order valence-electron chi connectivity index (χ3n) is 2.59. The molecule has 0 bridgehead atoms. The van der Waals surface area contributed by atoms with Gasteiger partial charge in [-0.3, -0.25) is 4.90 Å². The lowest BCUT2D eigenvalue weighted by atomic mass is 10.1. The second-order valence-electron chi connectivity index (χ2n) is 3.70. The standard InChI is InChI=1S/C9H20N2/c1-8(2)11-7-3-4-9(11)5-6-10/h8-9H,3-7,10H2,1-2H3. The number of hydrogen-bond acceptors (Lipinski definition) is 2. The minimum absolute atomic E-state index is 0.703. The molecule has 0 radical (unpaired) electrons. The Morgan fingerprint density at radius 2 is 2.27 bits per heavy atom. The molecule has 2 heteroatoms. The summed E-state index contributed by atoms with van der Waals surface area (Å²) in [6, 6.07) is 1.48. The molecule has 1 rings (SSSR count). The zero-order valence-electron chi connectivity index (χ0n) is 7.71. The van der Waals surface area contributed by atoms with E-state index >= 15 is 0 Å². The van der Waals surface area contributed by atoms with Gasteiger partial charge in [-0.1, -0.05) is 0 Å². The molecule has 0 spiro atoms. The Kier molecular flexibility index (Phi) is 3.34. The van der Waals surface area contributed by atoms with Gasteiger partial charge in [0.05, 0.1) is 0 Å². The Hall–Kier alpha value is -0.0800. The summed E-state index contributed by atoms with van der Waals surface area (Å²) in [6.07, 6.45) is 3.90. The van der Waals surface area contributed by atoms with Crippen LogP contribution >= 0.6 is 0 Å². The minimum atomic E-state index is 0.703. The van der Waals surface area contributed by atoms with Crippen LogP contribution in [0.3, 0.4) is 0 Å². The second-order valence-corrected chi connectivity index (χ2v) is 3.70. The van der Waals surface area contributed by atoms with Gasteiger partial charge in [-0.25, -0.2) is 0 Å². The van der Waals surface area contributed by atoms with Gasteiger partial charge in [0.25, 0.3) is 0 Å². The van der Waals surface area contributed by atoms with Crippen molar-refractivity contribution in [2.45, 2.75) is 45.2 Å². The van der Waals surface area contributed by atoms with Crippen LogP contribution in [0.25, 0.3) is 0 Å². The molecular weight excluding hydrogens is 136 g/mol. The summed E-state index contributed by atoms with van der Waals surface area (Å²) < 4.78 is 0. The maximum Gasteiger partial charge on any atom is 0.0110 e. The average molecular weight is 156 g/mol. The lowest BCUT2D eigenvalue weighted by molar-refractivity contribution is 0.197. The molecule has 11 heavy (non-hydrogen) atoms. The fourth-order valence-electron chi connectivity index (χ4n) is 2.04. The highest BCUT2D eigenvalue weighted by atomic mass is 15.2. The molecule has 0 aliphatic carbocycles. The van der Waals surface area contributed by atoms with Crippen molar-refractivity contribution in [1.82, 2.24) is 4.90 Å². The van der Waals surface area contributed by atoms with E-state index in [-0.39, 0.29) is 0 Å². The molecule has 0 amide bonds. The summed E-state index contributed by atoms with van der Waals surface area (Å²) >= 11 is 0. The highest BCUT2D eigenvalue weighted by Gasteiger charge is 2.25. The van der Waals surface area contributed by atoms with Gasteiger partial charge in [0, 0.05) is 12.1 Å². The number of rotatable bonds is 3. The van der Waals surface area contributed by atoms with Crippen LogP contribution in [0, 0.1) is 0 Å². The Labute approximate surface area is 69.8 Å². The van der Waals surface area contributed by atoms with E-state index in [0.717, 1.165) is 12.6 Å². The first-order valence-corrected chi connectivity index (χ1v) is 4.71. The smallest absolute Gasteiger partial charge is 0.0110 e. The van der Waals surface area contributed by atoms with E-state index in [1.807, 2.05) is 0 Å². The van der Waals surface area contributed by atoms with Crippen LogP contribution < -0.4 is 5.73 Å². The third kappa shape index (κ3) is 2.17. The predicted octanol–water partition coefficient (Wildman–Crippen LogP) is 1.21. The first kappa shape index (κ1) is 9.01. The predicted molar refractivity (Wildman–Crippen MR) is 48.5 cm³/mol. The average Bonchev–Trinajstić information content (AvgIpc) is 2.36. The van der Waals surface area contributed by atoms with Crippen LogP contribution in [0.15, 0.2) is 0 Å². The van der Waals surface area contributed by atoms with Crippen molar-refractivity contribution < 1.29 is 0 Å². The molecule has 1 aliphatic heterocycles. The van der Waals surface area contributed by atoms with Gasteiger partial charge >= 0.3 is 0 Å². The van der Waals surface area contributed by atoms with E-state index in [0.29, 0.717) is 6.04 Å². The fraction of sp³-hybridized carbons (Fsp3) is 1.00. The number of nitrogens with zero attached hydrogens (tertiary/aromatic N) is 1. The lowest BCUT2D eigenvalue weighted by Crippen LogP contribution is -2.36. The summed E-state index contributed by atoms with van der Waals surface area (Å²) in [4.78, 5) is 2.58. The molecule has 0 saturated carbocycles. The molecule has 1 atom stereocenters. The summed E-state index contributed by atoms with van der Waals surface area (Å²) in [5, 5.41) is 0. The minimum Gasteiger partial charge on any atom is -0.330 e. The van der Waals surface area contributed by atoms with E-state index in [1.54, 1.807) is 0 Å². The lowest BCUT2D eigenvalue weighted by Gasteiger charge is -2.27. The summed E-state index contributed by atoms with van der Waals surface area (Å²) in [6.45, 7) is 6.67. The van der Waals surface area contributed by atoms with Gasteiger partial charge < -0.3 is 5.73 Å². The maximum absolute atomic E-state index is 5.54. The second kappa shape index (κ2) is 4.07. The Bertz CT molecular complexity index is 112. The van der Waals surface area contributed by atoms with Crippen LogP contribution in [-0.4, -0.2) is 30.1 Å². The molecule has 1 heterocycles. The van der Waals surface area contributed by atoms with Crippen molar-refractivity contribution in [3.05, 3.63) is 0 Å². The molecule has 0 aromatic rings. The SMILES string of the molecule is CC(C)N1CCCC1CCN. The Morgan fingerprint density at radius 3 is 2.82 bits per heavy atom. The maximum atomic E-state index is 5.54. The largest absolute Gasteiger partial charge is 0.330 e. The van der Waals surface area contributed by atoms with Gasteiger partial charge in [-0.05, 0) is 46.2 Å². The molecular formula is C9H20N2. The Morgan fingerprint density at radius 1 is 1.55 bits per heavy atom. The first-order valence-electron chi connectivity index (χ1n) is 4.71. The van der Waals surface area contributed by atoms with Crippen LogP contribution in [-0.2, 0) is 0 Å². The molecule has 1 unspecified atom stereocenters. The van der Waals surface area contributed by atoms with E-state index in [9.17, 15) is 0 Å². The highest BCUT2D eigenvalue weighted by Crippen LogP contribution is 2.21. The molecule has 66 valence electrons. The van der Waals surface area contributed by atoms with Crippen LogP contribution in [0.1, 0.15) is 33.1 Å². The van der Waals surface area contributed by atoms with Gasteiger partial charge in [0.2, 0.25) is 0 Å². The number of nitrogens with two attached hydrogens (primary N) is 1. The van der Waals surface area contributed by atoms with Crippen molar-refractivity contribution in [2.75, 3.05) is 13.1 Å². The zero-order valence-corrected chi connectivity index (χ0v) is 7.71. The van der Waals surface area contributed by atoms with Crippen molar-refractivity contribution >= 4 is 0 Å². The molecule has 1 aliphatic rings. The molecule has 1 saturated heterocycles. The van der Waals surface area contributed by atoms with Crippen molar-refractivity contribution in [2.24, 2.45) is 5.73 Å². The van der Waals surface area contributed by atoms with Gasteiger partial charge in [0.1, 0.15) is 0 Å². The summed E-state index contributed by atoms with van der Waals surface area (Å²) in [7, 11) is 0. The van der Waals surface area contributed by atoms with Crippen LogP contribution in [0.5, 0.6) is 0 Å². The first-order chi connectivity index (χ1) is 5.25. The third-order valence-corrected chi connectivity index (χ3v) is 2.59. The van der Waals surface area contributed by atoms with Crippen molar-refractivity contribution in [3.63, 3.8) is 0 Å². The van der Waals surface area contributed by atoms with E-state index in [2.05, 4.69) is 18.7 Å². The van der Waals surface area contributed by atoms with Gasteiger partial charge in [-0.2, -0.15) is 0 Å². The molecule has 2 N–H and O–H groups in total.